The fourth-order valence-electron chi connectivity index (χ4n) is 2.52. The largest absolute Gasteiger partial charge is 0.497 e. The summed E-state index contributed by atoms with van der Waals surface area (Å²) < 4.78 is 11.1. The molecule has 3 aromatic rings. The molecule has 1 amide bonds. The number of aliphatic hydroxyl groups excluding tert-OH is 1. The topological polar surface area (TPSA) is 71.7 Å². The van der Waals surface area contributed by atoms with E-state index in [-0.39, 0.29) is 12.5 Å². The molecule has 0 radical (unpaired) electrons. The first-order chi connectivity index (χ1) is 12.6. The minimum Gasteiger partial charge on any atom is -0.497 e. The van der Waals surface area contributed by atoms with Crippen LogP contribution in [0.2, 0.25) is 0 Å². The van der Waals surface area contributed by atoms with Crippen molar-refractivity contribution in [3.8, 4) is 17.1 Å². The minimum atomic E-state index is -0.811. The van der Waals surface area contributed by atoms with E-state index in [0.717, 1.165) is 11.3 Å². The molecule has 0 saturated carbocycles. The van der Waals surface area contributed by atoms with Gasteiger partial charge in [-0.15, -0.1) is 0 Å². The lowest BCUT2D eigenvalue weighted by Crippen LogP contribution is -2.28. The van der Waals surface area contributed by atoms with E-state index in [0.29, 0.717) is 21.3 Å². The normalized spacial score (nSPS) is 11.8. The Morgan fingerprint density at radius 2 is 2.00 bits per heavy atom. The number of nitrogens with one attached hydrogen (secondary N) is 1. The smallest absolute Gasteiger partial charge is 0.252 e. The number of carbonyl (C=O) groups is 1. The van der Waals surface area contributed by atoms with E-state index in [1.807, 2.05) is 36.4 Å². The molecule has 0 fully saturated rings. The summed E-state index contributed by atoms with van der Waals surface area (Å²) >= 11 is 3.35. The molecule has 0 aliphatic rings. The molecule has 1 aromatic heterocycles. The fraction of sp³-hybridized carbons (Fsp3) is 0.150. The number of methoxy groups -OCH3 is 1. The van der Waals surface area contributed by atoms with Crippen molar-refractivity contribution < 1.29 is 19.1 Å². The fourth-order valence-corrected chi connectivity index (χ4v) is 2.95. The van der Waals surface area contributed by atoms with Crippen molar-refractivity contribution in [2.45, 2.75) is 6.10 Å². The lowest BCUT2D eigenvalue weighted by atomic mass is 10.1. The average Bonchev–Trinajstić information content (AvgIpc) is 3.21. The Hall–Kier alpha value is -2.57. The van der Waals surface area contributed by atoms with Crippen LogP contribution in [0, 0.1) is 0 Å². The zero-order valence-corrected chi connectivity index (χ0v) is 15.7. The lowest BCUT2D eigenvalue weighted by Gasteiger charge is -2.14. The van der Waals surface area contributed by atoms with Gasteiger partial charge in [0.2, 0.25) is 0 Å². The van der Waals surface area contributed by atoms with Gasteiger partial charge in [0.1, 0.15) is 11.5 Å². The molecular formula is C20H18BrNO4. The summed E-state index contributed by atoms with van der Waals surface area (Å²) in [5.74, 6) is 1.07. The van der Waals surface area contributed by atoms with Gasteiger partial charge in [0, 0.05) is 16.6 Å². The number of hydrogen-bond acceptors (Lipinski definition) is 4. The molecule has 3 rings (SSSR count). The van der Waals surface area contributed by atoms with Crippen LogP contribution in [-0.4, -0.2) is 24.7 Å². The summed E-state index contributed by atoms with van der Waals surface area (Å²) in [6.07, 6.45) is 0.804. The van der Waals surface area contributed by atoms with Crippen molar-refractivity contribution in [3.05, 3.63) is 76.5 Å². The minimum absolute atomic E-state index is 0.0998. The lowest BCUT2D eigenvalue weighted by molar-refractivity contribution is 0.0915. The van der Waals surface area contributed by atoms with Crippen molar-refractivity contribution in [3.63, 3.8) is 0 Å². The molecule has 0 saturated heterocycles. The van der Waals surface area contributed by atoms with E-state index in [2.05, 4.69) is 21.2 Å². The van der Waals surface area contributed by atoms with Crippen LogP contribution in [0.15, 0.2) is 69.8 Å². The monoisotopic (exact) mass is 415 g/mol. The molecule has 26 heavy (non-hydrogen) atoms. The third kappa shape index (κ3) is 4.15. The van der Waals surface area contributed by atoms with Crippen LogP contribution < -0.4 is 10.1 Å². The number of aliphatic hydroxyl groups is 1. The Bertz CT molecular complexity index is 875. The van der Waals surface area contributed by atoms with Gasteiger partial charge in [0.15, 0.2) is 0 Å². The van der Waals surface area contributed by atoms with E-state index in [4.69, 9.17) is 9.15 Å². The standard InChI is InChI=1S/C20H18BrNO4/c1-25-15-8-9-17(21)16(11-15)20(24)22-12-18(23)13-4-6-14(7-5-13)19-3-2-10-26-19/h2-11,18,23H,12H2,1H3,(H,22,24)/t18-/m1/s1. The second-order valence-electron chi connectivity index (χ2n) is 5.67. The van der Waals surface area contributed by atoms with Gasteiger partial charge in [0.05, 0.1) is 25.0 Å². The third-order valence-electron chi connectivity index (χ3n) is 3.98. The maximum atomic E-state index is 12.4. The number of halogens is 1. The molecule has 0 aliphatic carbocycles. The quantitative estimate of drug-likeness (QED) is 0.633. The summed E-state index contributed by atoms with van der Waals surface area (Å²) in [5.41, 5.74) is 2.09. The van der Waals surface area contributed by atoms with Crippen LogP contribution in [0.5, 0.6) is 5.75 Å². The number of ether oxygens (including phenoxy) is 1. The predicted molar refractivity (Wildman–Crippen MR) is 102 cm³/mol. The molecule has 2 N–H and O–H groups in total. The Morgan fingerprint density at radius 1 is 1.23 bits per heavy atom. The summed E-state index contributed by atoms with van der Waals surface area (Å²) in [5, 5.41) is 13.1. The first-order valence-electron chi connectivity index (χ1n) is 8.02. The molecule has 0 spiro atoms. The van der Waals surface area contributed by atoms with E-state index in [1.165, 1.54) is 0 Å². The van der Waals surface area contributed by atoms with Crippen molar-refractivity contribution >= 4 is 21.8 Å². The highest BCUT2D eigenvalue weighted by Crippen LogP contribution is 2.24. The van der Waals surface area contributed by atoms with Gasteiger partial charge in [-0.25, -0.2) is 0 Å². The number of amides is 1. The zero-order valence-electron chi connectivity index (χ0n) is 14.1. The maximum Gasteiger partial charge on any atom is 0.252 e. The molecule has 1 heterocycles. The summed E-state index contributed by atoms with van der Waals surface area (Å²) in [6, 6.07) is 16.2. The van der Waals surface area contributed by atoms with Gasteiger partial charge in [-0.3, -0.25) is 4.79 Å². The van der Waals surface area contributed by atoms with Gasteiger partial charge in [-0.1, -0.05) is 24.3 Å². The van der Waals surface area contributed by atoms with Crippen LogP contribution in [0.3, 0.4) is 0 Å². The van der Waals surface area contributed by atoms with E-state index >= 15 is 0 Å². The van der Waals surface area contributed by atoms with Gasteiger partial charge in [-0.2, -0.15) is 0 Å². The highest BCUT2D eigenvalue weighted by Gasteiger charge is 2.14. The van der Waals surface area contributed by atoms with Crippen molar-refractivity contribution in [2.24, 2.45) is 0 Å². The number of carbonyl (C=O) groups excluding carboxylic acids is 1. The molecule has 6 heteroatoms. The highest BCUT2D eigenvalue weighted by molar-refractivity contribution is 9.10. The number of rotatable bonds is 6. The van der Waals surface area contributed by atoms with Crippen molar-refractivity contribution in [1.82, 2.24) is 5.32 Å². The molecule has 2 aromatic carbocycles. The summed E-state index contributed by atoms with van der Waals surface area (Å²) in [4.78, 5) is 12.4. The van der Waals surface area contributed by atoms with Gasteiger partial charge in [0.25, 0.3) is 5.91 Å². The average molecular weight is 416 g/mol. The molecule has 5 nitrogen and oxygen atoms in total. The van der Waals surface area contributed by atoms with Crippen LogP contribution in [0.25, 0.3) is 11.3 Å². The predicted octanol–water partition coefficient (Wildman–Crippen LogP) is 4.18. The van der Waals surface area contributed by atoms with Crippen LogP contribution >= 0.6 is 15.9 Å². The third-order valence-corrected chi connectivity index (χ3v) is 4.67. The molecule has 0 unspecified atom stereocenters. The molecule has 134 valence electrons. The molecule has 0 bridgehead atoms. The first kappa shape index (κ1) is 18.2. The summed E-state index contributed by atoms with van der Waals surface area (Å²) in [7, 11) is 1.54. The van der Waals surface area contributed by atoms with Gasteiger partial charge >= 0.3 is 0 Å². The Labute approximate surface area is 159 Å². The second-order valence-corrected chi connectivity index (χ2v) is 6.53. The van der Waals surface area contributed by atoms with Crippen LogP contribution in [0.4, 0.5) is 0 Å². The van der Waals surface area contributed by atoms with Crippen molar-refractivity contribution in [1.29, 1.82) is 0 Å². The Balaban J connectivity index is 1.63. The second kappa shape index (κ2) is 8.21. The van der Waals surface area contributed by atoms with E-state index in [1.54, 1.807) is 31.6 Å². The molecule has 1 atom stereocenters. The Kier molecular flexibility index (Phi) is 5.75. The van der Waals surface area contributed by atoms with Gasteiger partial charge in [-0.05, 0) is 51.8 Å². The molecular weight excluding hydrogens is 398 g/mol. The number of hydrogen-bond donors (Lipinski definition) is 2. The first-order valence-corrected chi connectivity index (χ1v) is 8.81. The van der Waals surface area contributed by atoms with Gasteiger partial charge < -0.3 is 19.6 Å². The highest BCUT2D eigenvalue weighted by atomic mass is 79.9. The van der Waals surface area contributed by atoms with E-state index < -0.39 is 6.10 Å². The molecule has 0 aliphatic heterocycles. The Morgan fingerprint density at radius 3 is 2.65 bits per heavy atom. The van der Waals surface area contributed by atoms with Crippen molar-refractivity contribution in [2.75, 3.05) is 13.7 Å². The van der Waals surface area contributed by atoms with E-state index in [9.17, 15) is 9.90 Å². The zero-order chi connectivity index (χ0) is 18.5. The number of benzene rings is 2. The van der Waals surface area contributed by atoms with Crippen LogP contribution in [-0.2, 0) is 0 Å². The van der Waals surface area contributed by atoms with Crippen LogP contribution in [0.1, 0.15) is 22.0 Å². The maximum absolute atomic E-state index is 12.4. The summed E-state index contributed by atoms with van der Waals surface area (Å²) in [6.45, 7) is 0.0998. The SMILES string of the molecule is COc1ccc(Br)c(C(=O)NC[C@@H](O)c2ccc(-c3ccco3)cc2)c1. The number of furan rings is 1.